The Morgan fingerprint density at radius 1 is 1.09 bits per heavy atom. The van der Waals surface area contributed by atoms with E-state index in [1.807, 2.05) is 17.0 Å². The highest BCUT2D eigenvalue weighted by atomic mass is 19.1. The van der Waals surface area contributed by atoms with Crippen LogP contribution in [0.1, 0.15) is 47.8 Å². The normalized spacial score (nSPS) is 20.7. The van der Waals surface area contributed by atoms with Crippen LogP contribution in [-0.2, 0) is 4.74 Å². The maximum absolute atomic E-state index is 13.2. The quantitative estimate of drug-likeness (QED) is 0.551. The summed E-state index contributed by atoms with van der Waals surface area (Å²) in [5, 5.41) is 4.04. The first kappa shape index (κ1) is 21.6. The summed E-state index contributed by atoms with van der Waals surface area (Å²) in [7, 11) is 0. The molecule has 0 aliphatic carbocycles. The van der Waals surface area contributed by atoms with Gasteiger partial charge in [0, 0.05) is 30.8 Å². The van der Waals surface area contributed by atoms with Gasteiger partial charge in [-0.1, -0.05) is 5.16 Å². The molecule has 3 heterocycles. The SMILES string of the molecule is O=C(c1ccc(OC[C@@H]2CCCO2)cc1)N1CCC[C@@H](c2nc(-c3ccc(F)cc3)no2)C1. The number of likely N-dealkylation sites (tertiary alicyclic amines) is 1. The highest BCUT2D eigenvalue weighted by Gasteiger charge is 2.29. The summed E-state index contributed by atoms with van der Waals surface area (Å²) >= 11 is 0. The number of nitrogens with zero attached hydrogens (tertiary/aromatic N) is 3. The van der Waals surface area contributed by atoms with Crippen molar-refractivity contribution in [2.24, 2.45) is 0 Å². The molecule has 5 rings (SSSR count). The van der Waals surface area contributed by atoms with E-state index in [2.05, 4.69) is 10.1 Å². The van der Waals surface area contributed by atoms with Gasteiger partial charge in [-0.25, -0.2) is 4.39 Å². The molecule has 2 aliphatic heterocycles. The number of rotatable bonds is 6. The van der Waals surface area contributed by atoms with E-state index in [0.29, 0.717) is 42.5 Å². The minimum Gasteiger partial charge on any atom is -0.491 e. The Kier molecular flexibility index (Phi) is 6.35. The van der Waals surface area contributed by atoms with Crippen molar-refractivity contribution in [3.63, 3.8) is 0 Å². The molecule has 7 nitrogen and oxygen atoms in total. The van der Waals surface area contributed by atoms with E-state index < -0.39 is 0 Å². The number of carbonyl (C=O) groups excluding carboxylic acids is 1. The smallest absolute Gasteiger partial charge is 0.253 e. The summed E-state index contributed by atoms with van der Waals surface area (Å²) in [6.45, 7) is 2.54. The number of aromatic nitrogens is 2. The average Bonchev–Trinajstić information content (AvgIpc) is 3.56. The first-order valence-corrected chi connectivity index (χ1v) is 11.4. The Morgan fingerprint density at radius 3 is 2.67 bits per heavy atom. The van der Waals surface area contributed by atoms with E-state index in [4.69, 9.17) is 14.0 Å². The molecule has 2 fully saturated rings. The van der Waals surface area contributed by atoms with E-state index >= 15 is 0 Å². The largest absolute Gasteiger partial charge is 0.491 e. The fourth-order valence-corrected chi connectivity index (χ4v) is 4.32. The lowest BCUT2D eigenvalue weighted by molar-refractivity contribution is 0.0675. The number of hydrogen-bond acceptors (Lipinski definition) is 6. The lowest BCUT2D eigenvalue weighted by Gasteiger charge is -2.31. The molecule has 0 radical (unpaired) electrons. The zero-order valence-corrected chi connectivity index (χ0v) is 18.3. The van der Waals surface area contributed by atoms with Crippen LogP contribution in [0.25, 0.3) is 11.4 Å². The Hall–Kier alpha value is -3.26. The van der Waals surface area contributed by atoms with Gasteiger partial charge in [-0.2, -0.15) is 4.98 Å². The molecule has 0 spiro atoms. The third-order valence-electron chi connectivity index (χ3n) is 6.16. The van der Waals surface area contributed by atoms with Crippen molar-refractivity contribution in [1.29, 1.82) is 0 Å². The zero-order chi connectivity index (χ0) is 22.6. The molecule has 2 atom stereocenters. The number of piperidine rings is 1. The minimum absolute atomic E-state index is 0.0244. The molecule has 2 saturated heterocycles. The molecule has 0 unspecified atom stereocenters. The van der Waals surface area contributed by atoms with E-state index in [1.165, 1.54) is 12.1 Å². The number of carbonyl (C=O) groups is 1. The van der Waals surface area contributed by atoms with Crippen LogP contribution in [0.15, 0.2) is 53.1 Å². The molecule has 2 aromatic carbocycles. The zero-order valence-electron chi connectivity index (χ0n) is 18.3. The van der Waals surface area contributed by atoms with Gasteiger partial charge < -0.3 is 18.9 Å². The molecular formula is C25H26FN3O4. The van der Waals surface area contributed by atoms with Gasteiger partial charge in [0.15, 0.2) is 0 Å². The van der Waals surface area contributed by atoms with Crippen molar-refractivity contribution >= 4 is 5.91 Å². The van der Waals surface area contributed by atoms with Gasteiger partial charge in [0.2, 0.25) is 11.7 Å². The molecule has 172 valence electrons. The molecule has 3 aromatic rings. The molecule has 2 aliphatic rings. The minimum atomic E-state index is -0.314. The Balaban J connectivity index is 1.20. The van der Waals surface area contributed by atoms with E-state index in [1.54, 1.807) is 24.3 Å². The molecule has 1 aromatic heterocycles. The molecule has 0 bridgehead atoms. The second kappa shape index (κ2) is 9.70. The van der Waals surface area contributed by atoms with E-state index in [0.717, 1.165) is 38.0 Å². The Bertz CT molecular complexity index is 1080. The highest BCUT2D eigenvalue weighted by Crippen LogP contribution is 2.29. The number of hydrogen-bond donors (Lipinski definition) is 0. The summed E-state index contributed by atoms with van der Waals surface area (Å²) < 4.78 is 30.0. The second-order valence-electron chi connectivity index (χ2n) is 8.52. The maximum atomic E-state index is 13.2. The van der Waals surface area contributed by atoms with Crippen LogP contribution in [0.4, 0.5) is 4.39 Å². The topological polar surface area (TPSA) is 77.7 Å². The van der Waals surface area contributed by atoms with Crippen LogP contribution in [-0.4, -0.2) is 53.4 Å². The van der Waals surface area contributed by atoms with Gasteiger partial charge in [0.05, 0.1) is 12.0 Å². The van der Waals surface area contributed by atoms with Crippen molar-refractivity contribution < 1.29 is 23.2 Å². The van der Waals surface area contributed by atoms with Gasteiger partial charge in [-0.3, -0.25) is 4.79 Å². The fourth-order valence-electron chi connectivity index (χ4n) is 4.32. The standard InChI is InChI=1S/C25H26FN3O4/c26-20-9-5-17(6-10-20)23-27-24(33-28-23)19-3-1-13-29(15-19)25(30)18-7-11-21(12-8-18)32-16-22-4-2-14-31-22/h5-12,19,22H,1-4,13-16H2/t19-,22+/m1/s1. The monoisotopic (exact) mass is 451 g/mol. The molecule has 0 N–H and O–H groups in total. The first-order valence-electron chi connectivity index (χ1n) is 11.4. The Morgan fingerprint density at radius 2 is 1.91 bits per heavy atom. The highest BCUT2D eigenvalue weighted by molar-refractivity contribution is 5.94. The fraction of sp³-hybridized carbons (Fsp3) is 0.400. The summed E-state index contributed by atoms with van der Waals surface area (Å²) in [6.07, 6.45) is 3.98. The van der Waals surface area contributed by atoms with Crippen LogP contribution >= 0.6 is 0 Å². The summed E-state index contributed by atoms with van der Waals surface area (Å²) in [6, 6.07) is 13.2. The summed E-state index contributed by atoms with van der Waals surface area (Å²) in [5.41, 5.74) is 1.31. The average molecular weight is 451 g/mol. The van der Waals surface area contributed by atoms with Gasteiger partial charge >= 0.3 is 0 Å². The van der Waals surface area contributed by atoms with E-state index in [9.17, 15) is 9.18 Å². The number of ether oxygens (including phenoxy) is 2. The predicted molar refractivity (Wildman–Crippen MR) is 118 cm³/mol. The molecule has 8 heteroatoms. The third-order valence-corrected chi connectivity index (χ3v) is 6.16. The molecule has 33 heavy (non-hydrogen) atoms. The number of amides is 1. The molecular weight excluding hydrogens is 425 g/mol. The molecule has 0 saturated carbocycles. The molecule has 1 amide bonds. The van der Waals surface area contributed by atoms with E-state index in [-0.39, 0.29) is 23.7 Å². The summed E-state index contributed by atoms with van der Waals surface area (Å²) in [5.74, 6) is 1.29. The Labute approximate surface area is 191 Å². The lowest BCUT2D eigenvalue weighted by atomic mass is 9.97. The van der Waals surface area contributed by atoms with Crippen LogP contribution in [0, 0.1) is 5.82 Å². The van der Waals surface area contributed by atoms with Crippen molar-refractivity contribution in [1.82, 2.24) is 15.0 Å². The van der Waals surface area contributed by atoms with Gasteiger partial charge in [0.25, 0.3) is 5.91 Å². The van der Waals surface area contributed by atoms with Gasteiger partial charge in [-0.05, 0) is 74.2 Å². The maximum Gasteiger partial charge on any atom is 0.253 e. The van der Waals surface area contributed by atoms with Crippen LogP contribution in [0.2, 0.25) is 0 Å². The number of halogens is 1. The van der Waals surface area contributed by atoms with Crippen molar-refractivity contribution in [3.8, 4) is 17.1 Å². The van der Waals surface area contributed by atoms with Crippen molar-refractivity contribution in [2.45, 2.75) is 37.7 Å². The first-order chi connectivity index (χ1) is 16.2. The van der Waals surface area contributed by atoms with Gasteiger partial charge in [0.1, 0.15) is 18.2 Å². The van der Waals surface area contributed by atoms with Crippen molar-refractivity contribution in [3.05, 3.63) is 65.8 Å². The van der Waals surface area contributed by atoms with Crippen LogP contribution in [0.3, 0.4) is 0 Å². The lowest BCUT2D eigenvalue weighted by Crippen LogP contribution is -2.39. The summed E-state index contributed by atoms with van der Waals surface area (Å²) in [4.78, 5) is 19.4. The third kappa shape index (κ3) is 5.06. The second-order valence-corrected chi connectivity index (χ2v) is 8.52. The van der Waals surface area contributed by atoms with Crippen LogP contribution in [0.5, 0.6) is 5.75 Å². The van der Waals surface area contributed by atoms with Crippen LogP contribution < -0.4 is 4.74 Å². The van der Waals surface area contributed by atoms with Gasteiger partial charge in [-0.15, -0.1) is 0 Å². The number of benzene rings is 2. The van der Waals surface area contributed by atoms with Crippen molar-refractivity contribution in [2.75, 3.05) is 26.3 Å². The predicted octanol–water partition coefficient (Wildman–Crippen LogP) is 4.45.